The molecule has 1 aromatic rings. The van der Waals surface area contributed by atoms with E-state index in [1.165, 1.54) is 32.1 Å². The van der Waals surface area contributed by atoms with Gasteiger partial charge in [0.2, 0.25) is 5.91 Å². The van der Waals surface area contributed by atoms with Crippen LogP contribution in [0.5, 0.6) is 0 Å². The quantitative estimate of drug-likeness (QED) is 0.905. The number of benzene rings is 1. The van der Waals surface area contributed by atoms with E-state index >= 15 is 0 Å². The van der Waals surface area contributed by atoms with E-state index in [-0.39, 0.29) is 11.9 Å². The van der Waals surface area contributed by atoms with Crippen molar-refractivity contribution < 1.29 is 4.79 Å². The van der Waals surface area contributed by atoms with E-state index in [4.69, 9.17) is 11.6 Å². The molecule has 1 amide bonds. The van der Waals surface area contributed by atoms with E-state index < -0.39 is 0 Å². The van der Waals surface area contributed by atoms with Gasteiger partial charge in [0, 0.05) is 10.7 Å². The third-order valence-corrected chi connectivity index (χ3v) is 4.75. The SMILES string of the molecule is Cc1c(Cl)cccc1NC(=O)[C@@H](C)N1CCCCCCC1. The molecular formula is C17H25ClN2O. The summed E-state index contributed by atoms with van der Waals surface area (Å²) in [4.78, 5) is 14.8. The van der Waals surface area contributed by atoms with Crippen LogP contribution in [0.1, 0.15) is 44.6 Å². The number of anilines is 1. The van der Waals surface area contributed by atoms with Crippen LogP contribution in [0.15, 0.2) is 18.2 Å². The highest BCUT2D eigenvalue weighted by Gasteiger charge is 2.22. The maximum absolute atomic E-state index is 12.5. The number of hydrogen-bond acceptors (Lipinski definition) is 2. The highest BCUT2D eigenvalue weighted by atomic mass is 35.5. The summed E-state index contributed by atoms with van der Waals surface area (Å²) in [5.74, 6) is 0.0564. The summed E-state index contributed by atoms with van der Waals surface area (Å²) in [6.45, 7) is 5.96. The summed E-state index contributed by atoms with van der Waals surface area (Å²) in [6, 6.07) is 5.51. The summed E-state index contributed by atoms with van der Waals surface area (Å²) in [7, 11) is 0. The van der Waals surface area contributed by atoms with Gasteiger partial charge in [-0.15, -0.1) is 0 Å². The number of carbonyl (C=O) groups excluding carboxylic acids is 1. The van der Waals surface area contributed by atoms with Crippen molar-refractivity contribution in [2.75, 3.05) is 18.4 Å². The zero-order valence-electron chi connectivity index (χ0n) is 13.0. The lowest BCUT2D eigenvalue weighted by atomic mass is 10.1. The molecule has 0 spiro atoms. The molecule has 1 fully saturated rings. The number of nitrogens with zero attached hydrogens (tertiary/aromatic N) is 1. The van der Waals surface area contributed by atoms with E-state index in [1.807, 2.05) is 32.0 Å². The molecule has 1 aliphatic heterocycles. The summed E-state index contributed by atoms with van der Waals surface area (Å²) in [5.41, 5.74) is 1.73. The largest absolute Gasteiger partial charge is 0.324 e. The third kappa shape index (κ3) is 4.45. The Hall–Kier alpha value is -1.06. The predicted molar refractivity (Wildman–Crippen MR) is 88.9 cm³/mol. The van der Waals surface area contributed by atoms with Gasteiger partial charge >= 0.3 is 0 Å². The van der Waals surface area contributed by atoms with E-state index in [2.05, 4.69) is 10.2 Å². The van der Waals surface area contributed by atoms with Crippen LogP contribution < -0.4 is 5.32 Å². The van der Waals surface area contributed by atoms with Crippen molar-refractivity contribution in [1.82, 2.24) is 4.90 Å². The summed E-state index contributed by atoms with van der Waals surface area (Å²) < 4.78 is 0. The van der Waals surface area contributed by atoms with E-state index in [0.717, 1.165) is 24.3 Å². The normalized spacial score (nSPS) is 18.6. The van der Waals surface area contributed by atoms with Crippen LogP contribution in [-0.4, -0.2) is 29.9 Å². The van der Waals surface area contributed by atoms with Gasteiger partial charge in [0.25, 0.3) is 0 Å². The number of halogens is 1. The van der Waals surface area contributed by atoms with Gasteiger partial charge in [-0.2, -0.15) is 0 Å². The number of nitrogens with one attached hydrogen (secondary N) is 1. The molecule has 0 aliphatic carbocycles. The van der Waals surface area contributed by atoms with Crippen LogP contribution in [0.3, 0.4) is 0 Å². The average molecular weight is 309 g/mol. The van der Waals surface area contributed by atoms with Crippen molar-refractivity contribution in [2.24, 2.45) is 0 Å². The summed E-state index contributed by atoms with van der Waals surface area (Å²) in [5, 5.41) is 3.71. The topological polar surface area (TPSA) is 32.3 Å². The minimum Gasteiger partial charge on any atom is -0.324 e. The number of likely N-dealkylation sites (tertiary alicyclic amines) is 1. The van der Waals surface area contributed by atoms with Gasteiger partial charge in [0.05, 0.1) is 6.04 Å². The fourth-order valence-electron chi connectivity index (χ4n) is 2.81. The summed E-state index contributed by atoms with van der Waals surface area (Å²) in [6.07, 6.45) is 6.26. The number of amides is 1. The number of hydrogen-bond donors (Lipinski definition) is 1. The van der Waals surface area contributed by atoms with Gasteiger partial charge < -0.3 is 5.32 Å². The second-order valence-corrected chi connectivity index (χ2v) is 6.29. The van der Waals surface area contributed by atoms with Gasteiger partial charge in [-0.3, -0.25) is 9.69 Å². The Morgan fingerprint density at radius 2 is 1.81 bits per heavy atom. The van der Waals surface area contributed by atoms with Crippen LogP contribution in [-0.2, 0) is 4.79 Å². The molecule has 1 heterocycles. The molecule has 116 valence electrons. The zero-order valence-corrected chi connectivity index (χ0v) is 13.7. The predicted octanol–water partition coefficient (Wildman–Crippen LogP) is 4.24. The fourth-order valence-corrected chi connectivity index (χ4v) is 2.98. The summed E-state index contributed by atoms with van der Waals surface area (Å²) >= 11 is 6.10. The van der Waals surface area contributed by atoms with E-state index in [0.29, 0.717) is 5.02 Å². The van der Waals surface area contributed by atoms with Crippen LogP contribution in [0.4, 0.5) is 5.69 Å². The van der Waals surface area contributed by atoms with E-state index in [1.54, 1.807) is 0 Å². The first-order chi connectivity index (χ1) is 10.1. The Labute approximate surface area is 132 Å². The van der Waals surface area contributed by atoms with Crippen molar-refractivity contribution in [3.8, 4) is 0 Å². The fraction of sp³-hybridized carbons (Fsp3) is 0.588. The molecule has 3 nitrogen and oxygen atoms in total. The molecule has 21 heavy (non-hydrogen) atoms. The molecular weight excluding hydrogens is 284 g/mol. The molecule has 0 bridgehead atoms. The Morgan fingerprint density at radius 3 is 2.48 bits per heavy atom. The second-order valence-electron chi connectivity index (χ2n) is 5.88. The molecule has 1 saturated heterocycles. The van der Waals surface area contributed by atoms with Crippen LogP contribution in [0, 0.1) is 6.92 Å². The van der Waals surface area contributed by atoms with Crippen molar-refractivity contribution in [3.05, 3.63) is 28.8 Å². The minimum atomic E-state index is -0.0959. The smallest absolute Gasteiger partial charge is 0.241 e. The molecule has 0 saturated carbocycles. The zero-order chi connectivity index (χ0) is 15.2. The van der Waals surface area contributed by atoms with Crippen molar-refractivity contribution in [2.45, 2.75) is 52.0 Å². The first-order valence-corrected chi connectivity index (χ1v) is 8.27. The molecule has 1 N–H and O–H groups in total. The monoisotopic (exact) mass is 308 g/mol. The Bertz CT molecular complexity index is 482. The van der Waals surface area contributed by atoms with Gasteiger partial charge in [-0.05, 0) is 57.5 Å². The molecule has 0 radical (unpaired) electrons. The molecule has 0 aromatic heterocycles. The van der Waals surface area contributed by atoms with Crippen LogP contribution in [0.2, 0.25) is 5.02 Å². The first kappa shape index (κ1) is 16.3. The molecule has 4 heteroatoms. The third-order valence-electron chi connectivity index (χ3n) is 4.34. The molecule has 1 aliphatic rings. The molecule has 1 aromatic carbocycles. The van der Waals surface area contributed by atoms with Crippen LogP contribution >= 0.6 is 11.6 Å². The average Bonchev–Trinajstić information content (AvgIpc) is 2.43. The van der Waals surface area contributed by atoms with Gasteiger partial charge in [-0.25, -0.2) is 0 Å². The lowest BCUT2D eigenvalue weighted by Gasteiger charge is -2.29. The lowest BCUT2D eigenvalue weighted by Crippen LogP contribution is -2.43. The van der Waals surface area contributed by atoms with Crippen molar-refractivity contribution >= 4 is 23.2 Å². The molecule has 1 atom stereocenters. The maximum Gasteiger partial charge on any atom is 0.241 e. The number of carbonyl (C=O) groups is 1. The van der Waals surface area contributed by atoms with Gasteiger partial charge in [-0.1, -0.05) is 36.9 Å². The Morgan fingerprint density at radius 1 is 1.19 bits per heavy atom. The van der Waals surface area contributed by atoms with Gasteiger partial charge in [0.1, 0.15) is 0 Å². The van der Waals surface area contributed by atoms with Crippen LogP contribution in [0.25, 0.3) is 0 Å². The standard InChI is InChI=1S/C17H25ClN2O/c1-13-15(18)9-8-10-16(13)19-17(21)14(2)20-11-6-4-3-5-7-12-20/h8-10,14H,3-7,11-12H2,1-2H3,(H,19,21)/t14-/m1/s1. The Balaban J connectivity index is 1.99. The highest BCUT2D eigenvalue weighted by Crippen LogP contribution is 2.23. The Kier molecular flexibility index (Phi) is 6.07. The van der Waals surface area contributed by atoms with Crippen molar-refractivity contribution in [3.63, 3.8) is 0 Å². The molecule has 0 unspecified atom stereocenters. The minimum absolute atomic E-state index is 0.0564. The maximum atomic E-state index is 12.5. The highest BCUT2D eigenvalue weighted by molar-refractivity contribution is 6.31. The van der Waals surface area contributed by atoms with E-state index in [9.17, 15) is 4.79 Å². The lowest BCUT2D eigenvalue weighted by molar-refractivity contribution is -0.120. The number of rotatable bonds is 3. The van der Waals surface area contributed by atoms with Crippen molar-refractivity contribution in [1.29, 1.82) is 0 Å². The second kappa shape index (κ2) is 7.81. The first-order valence-electron chi connectivity index (χ1n) is 7.89. The molecule has 2 rings (SSSR count). The van der Waals surface area contributed by atoms with Gasteiger partial charge in [0.15, 0.2) is 0 Å².